The molecule has 1 atom stereocenters. The summed E-state index contributed by atoms with van der Waals surface area (Å²) in [7, 11) is 3.75. The normalized spacial score (nSPS) is 12.7. The fraction of sp³-hybridized carbons (Fsp3) is 0.500. The first-order valence-corrected chi connectivity index (χ1v) is 12.0. The van der Waals surface area contributed by atoms with Gasteiger partial charge in [0.15, 0.2) is 5.60 Å². The first-order valence-electron chi connectivity index (χ1n) is 10.3. The first kappa shape index (κ1) is 38.1. The van der Waals surface area contributed by atoms with Crippen LogP contribution < -0.4 is 45.5 Å². The molecule has 0 spiro atoms. The third-order valence-corrected chi connectivity index (χ3v) is 10.1. The maximum atomic E-state index is 12.5. The molecule has 0 bridgehead atoms. The van der Waals surface area contributed by atoms with Crippen LogP contribution in [-0.4, -0.2) is 42.9 Å². The fourth-order valence-electron chi connectivity index (χ4n) is 4.37. The van der Waals surface area contributed by atoms with Gasteiger partial charge < -0.3 is 39.2 Å². The van der Waals surface area contributed by atoms with Gasteiger partial charge in [0.1, 0.15) is 17.2 Å². The molecule has 8 heteroatoms. The summed E-state index contributed by atoms with van der Waals surface area (Å²) in [5, 5.41) is 12.6. The van der Waals surface area contributed by atoms with Crippen LogP contribution in [0.25, 0.3) is 0 Å². The number of hydrogen-bond donors (Lipinski definition) is 1. The largest absolute Gasteiger partial charge is 1.00 e. The van der Waals surface area contributed by atoms with E-state index in [-0.39, 0.29) is 65.5 Å². The van der Waals surface area contributed by atoms with Crippen LogP contribution in [-0.2, 0) is 22.1 Å². The van der Waals surface area contributed by atoms with Crippen molar-refractivity contribution in [1.29, 1.82) is 0 Å². The Morgan fingerprint density at radius 2 is 1.21 bits per heavy atom. The van der Waals surface area contributed by atoms with Crippen molar-refractivity contribution in [3.05, 3.63) is 61.0 Å². The van der Waals surface area contributed by atoms with Gasteiger partial charge >= 0.3 is 18.9 Å². The van der Waals surface area contributed by atoms with E-state index in [1.165, 1.54) is 0 Å². The van der Waals surface area contributed by atoms with Crippen molar-refractivity contribution in [3.63, 3.8) is 0 Å². The molecule has 0 saturated carbocycles. The molecule has 1 unspecified atom stereocenters. The Kier molecular flexibility index (Phi) is 16.8. The van der Waals surface area contributed by atoms with Gasteiger partial charge in [0.2, 0.25) is 0 Å². The molecule has 2 rings (SSSR count). The topological polar surface area (TPSA) is 47.9 Å². The molecular formula is C26H41ClLiNiO4P. The summed E-state index contributed by atoms with van der Waals surface area (Å²) in [5.74, 6) is 1.74. The number of rotatable bonds is 7. The van der Waals surface area contributed by atoms with Crippen molar-refractivity contribution >= 4 is 7.92 Å². The van der Waals surface area contributed by atoms with Crippen LogP contribution in [0.2, 0.25) is 0 Å². The molecule has 0 amide bonds. The molecule has 2 aromatic carbocycles. The maximum Gasteiger partial charge on any atom is 1.00 e. The summed E-state index contributed by atoms with van der Waals surface area (Å²) in [6.07, 6.45) is 0.619. The van der Waals surface area contributed by atoms with Crippen LogP contribution in [0.15, 0.2) is 42.5 Å². The summed E-state index contributed by atoms with van der Waals surface area (Å²) in [6.45, 7) is 13.7. The number of aliphatic hydroxyl groups is 1. The SMILES string of the molecule is COc1cc(OC)c(C(O)(C[PH+](C(C)(C)C)C(C)(C)C)c2ccccc2)c(OC)c1.[CH3-].[Cl-].[Li+].[Ni]. The third kappa shape index (κ3) is 8.62. The molecule has 0 aliphatic rings. The molecule has 0 aromatic heterocycles. The second kappa shape index (κ2) is 15.0. The monoisotopic (exact) mass is 548 g/mol. The minimum atomic E-state index is -1.26. The molecule has 0 radical (unpaired) electrons. The van der Waals surface area contributed by atoms with Gasteiger partial charge in [-0.3, -0.25) is 0 Å². The standard InChI is InChI=1S/C25H37O4P.CH3.ClH.Li.Ni/c1-23(2,3)30(24(4,5)6)17-25(26,18-13-11-10-12-14-18)22-20(28-8)15-19(27-7)16-21(22)29-9;;;;/h10-16,26H,17H2,1-9H3;1H3;1H;;/q;-1;;+1;. The number of methoxy groups -OCH3 is 3. The molecule has 0 saturated heterocycles. The van der Waals surface area contributed by atoms with Gasteiger partial charge in [0, 0.05) is 36.5 Å². The summed E-state index contributed by atoms with van der Waals surface area (Å²) >= 11 is 0. The minimum Gasteiger partial charge on any atom is -1.00 e. The predicted octanol–water partition coefficient (Wildman–Crippen LogP) is 0.215. The Morgan fingerprint density at radius 1 is 0.794 bits per heavy atom. The van der Waals surface area contributed by atoms with E-state index < -0.39 is 13.5 Å². The first-order chi connectivity index (χ1) is 13.9. The van der Waals surface area contributed by atoms with Gasteiger partial charge in [-0.1, -0.05) is 30.3 Å². The van der Waals surface area contributed by atoms with Crippen LogP contribution in [0.1, 0.15) is 52.7 Å². The van der Waals surface area contributed by atoms with Gasteiger partial charge in [0.05, 0.1) is 43.4 Å². The van der Waals surface area contributed by atoms with Gasteiger partial charge in [-0.25, -0.2) is 0 Å². The van der Waals surface area contributed by atoms with Crippen molar-refractivity contribution < 1.29 is 67.1 Å². The zero-order chi connectivity index (χ0) is 22.7. The van der Waals surface area contributed by atoms with E-state index in [1.54, 1.807) is 21.3 Å². The molecule has 0 heterocycles. The zero-order valence-corrected chi connectivity index (χ0v) is 25.4. The average molecular weight is 550 g/mol. The Morgan fingerprint density at radius 3 is 1.53 bits per heavy atom. The van der Waals surface area contributed by atoms with E-state index in [4.69, 9.17) is 14.2 Å². The van der Waals surface area contributed by atoms with E-state index in [0.717, 1.165) is 5.56 Å². The van der Waals surface area contributed by atoms with Crippen molar-refractivity contribution in [1.82, 2.24) is 0 Å². The summed E-state index contributed by atoms with van der Waals surface area (Å²) in [4.78, 5) is 0. The van der Waals surface area contributed by atoms with Gasteiger partial charge in [-0.05, 0) is 47.1 Å². The summed E-state index contributed by atoms with van der Waals surface area (Å²) in [5.41, 5.74) is 0.220. The Labute approximate surface area is 237 Å². The molecule has 0 aliphatic heterocycles. The van der Waals surface area contributed by atoms with Gasteiger partial charge in [-0.2, -0.15) is 0 Å². The zero-order valence-electron chi connectivity index (χ0n) is 22.6. The molecule has 34 heavy (non-hydrogen) atoms. The molecule has 0 aliphatic carbocycles. The van der Waals surface area contributed by atoms with Crippen LogP contribution in [0, 0.1) is 7.43 Å². The van der Waals surface area contributed by atoms with Crippen molar-refractivity contribution in [2.24, 2.45) is 0 Å². The summed E-state index contributed by atoms with van der Waals surface area (Å²) in [6, 6.07) is 13.5. The van der Waals surface area contributed by atoms with E-state index in [1.807, 2.05) is 42.5 Å². The Hall–Kier alpha value is -0.389. The van der Waals surface area contributed by atoms with Crippen LogP contribution >= 0.6 is 7.92 Å². The van der Waals surface area contributed by atoms with Gasteiger partial charge in [0.25, 0.3) is 0 Å². The van der Waals surface area contributed by atoms with Crippen molar-refractivity contribution in [3.8, 4) is 17.2 Å². The fourth-order valence-corrected chi connectivity index (χ4v) is 8.58. The number of benzene rings is 2. The molecule has 1 N–H and O–H groups in total. The predicted molar refractivity (Wildman–Crippen MR) is 135 cm³/mol. The number of halogens is 1. The van der Waals surface area contributed by atoms with E-state index >= 15 is 0 Å². The second-order valence-electron chi connectivity index (χ2n) is 9.79. The van der Waals surface area contributed by atoms with E-state index in [9.17, 15) is 5.11 Å². The van der Waals surface area contributed by atoms with Crippen molar-refractivity contribution in [2.75, 3.05) is 27.5 Å². The second-order valence-corrected chi connectivity index (χ2v) is 14.1. The maximum absolute atomic E-state index is 12.5. The van der Waals surface area contributed by atoms with Crippen LogP contribution in [0.3, 0.4) is 0 Å². The molecule has 192 valence electrons. The molecular weight excluding hydrogens is 508 g/mol. The third-order valence-electron chi connectivity index (χ3n) is 5.62. The van der Waals surface area contributed by atoms with E-state index in [2.05, 4.69) is 41.5 Å². The number of ether oxygens (including phenoxy) is 3. The van der Waals surface area contributed by atoms with Crippen LogP contribution in [0.4, 0.5) is 0 Å². The van der Waals surface area contributed by atoms with Gasteiger partial charge in [-0.15, -0.1) is 0 Å². The van der Waals surface area contributed by atoms with E-state index in [0.29, 0.717) is 29.0 Å². The average Bonchev–Trinajstić information content (AvgIpc) is 2.69. The Balaban J connectivity index is -0.00000240. The smallest absolute Gasteiger partial charge is 1.00 e. The minimum absolute atomic E-state index is 0. The molecule has 0 fully saturated rings. The van der Waals surface area contributed by atoms with Crippen molar-refractivity contribution in [2.45, 2.75) is 57.5 Å². The molecule has 2 aromatic rings. The quantitative estimate of drug-likeness (QED) is 0.305. The number of hydrogen-bond acceptors (Lipinski definition) is 4. The summed E-state index contributed by atoms with van der Waals surface area (Å²) < 4.78 is 16.9. The Bertz CT molecular complexity index is 817. The van der Waals surface area contributed by atoms with Crippen LogP contribution in [0.5, 0.6) is 17.2 Å². The molecule has 4 nitrogen and oxygen atoms in total.